The summed E-state index contributed by atoms with van der Waals surface area (Å²) < 4.78 is 14.6. The van der Waals surface area contributed by atoms with E-state index < -0.39 is 11.9 Å². The van der Waals surface area contributed by atoms with Gasteiger partial charge in [-0.05, 0) is 54.7 Å². The van der Waals surface area contributed by atoms with Gasteiger partial charge in [-0.2, -0.15) is 0 Å². The molecule has 164 valence electrons. The molecule has 0 radical (unpaired) electrons. The number of benzene rings is 3. The maximum atomic E-state index is 14.6. The van der Waals surface area contributed by atoms with Crippen LogP contribution in [-0.4, -0.2) is 18.4 Å². The van der Waals surface area contributed by atoms with Gasteiger partial charge in [0, 0.05) is 5.69 Å². The molecule has 5 heteroatoms. The van der Waals surface area contributed by atoms with E-state index in [4.69, 9.17) is 0 Å². The largest absolute Gasteiger partial charge is 0.298 e. The quantitative estimate of drug-likeness (QED) is 0.534. The highest BCUT2D eigenvalue weighted by Crippen LogP contribution is 2.37. The number of aryl methyl sites for hydroxylation is 2. The van der Waals surface area contributed by atoms with Crippen LogP contribution in [0.4, 0.5) is 15.8 Å². The van der Waals surface area contributed by atoms with E-state index in [0.29, 0.717) is 17.2 Å². The SMILES string of the molecule is Cc1ccc(N2C(=O)CN(c3ccccc3F)C(=O)C2c2ccc(C(C)C)cc2)c(C)c1. The van der Waals surface area contributed by atoms with Crippen molar-refractivity contribution in [3.63, 3.8) is 0 Å². The van der Waals surface area contributed by atoms with Crippen molar-refractivity contribution in [2.45, 2.75) is 39.7 Å². The summed E-state index contributed by atoms with van der Waals surface area (Å²) in [5.41, 5.74) is 4.65. The number of hydrogen-bond acceptors (Lipinski definition) is 2. The van der Waals surface area contributed by atoms with Gasteiger partial charge in [-0.15, -0.1) is 0 Å². The first-order chi connectivity index (χ1) is 15.3. The van der Waals surface area contributed by atoms with E-state index >= 15 is 0 Å². The third-order valence-corrected chi connectivity index (χ3v) is 5.99. The molecule has 1 aliphatic rings. The number of halogens is 1. The number of piperazine rings is 1. The van der Waals surface area contributed by atoms with E-state index in [1.54, 1.807) is 17.0 Å². The Morgan fingerprint density at radius 3 is 2.22 bits per heavy atom. The minimum atomic E-state index is -0.876. The van der Waals surface area contributed by atoms with Crippen molar-refractivity contribution in [2.24, 2.45) is 0 Å². The number of hydrogen-bond donors (Lipinski definition) is 0. The Balaban J connectivity index is 1.85. The van der Waals surface area contributed by atoms with Crippen LogP contribution in [0.2, 0.25) is 0 Å². The van der Waals surface area contributed by atoms with E-state index in [9.17, 15) is 14.0 Å². The van der Waals surface area contributed by atoms with Crippen molar-refractivity contribution in [3.05, 3.63) is 94.8 Å². The molecular formula is C27H27FN2O2. The van der Waals surface area contributed by atoms with Crippen LogP contribution < -0.4 is 9.80 Å². The second-order valence-electron chi connectivity index (χ2n) is 8.65. The Hall–Kier alpha value is -3.47. The summed E-state index contributed by atoms with van der Waals surface area (Å²) in [5, 5.41) is 0. The standard InChI is InChI=1S/C27H27FN2O2/c1-17(2)20-10-12-21(13-11-20)26-27(32)29(24-8-6-5-7-22(24)28)16-25(31)30(26)23-14-9-18(3)15-19(23)4/h5-15,17,26H,16H2,1-4H3. The fraction of sp³-hybridized carbons (Fsp3) is 0.259. The minimum Gasteiger partial charge on any atom is -0.298 e. The van der Waals surface area contributed by atoms with Gasteiger partial charge in [0.1, 0.15) is 18.4 Å². The number of rotatable bonds is 4. The highest BCUT2D eigenvalue weighted by molar-refractivity contribution is 6.14. The van der Waals surface area contributed by atoms with Crippen molar-refractivity contribution >= 4 is 23.2 Å². The zero-order valence-corrected chi connectivity index (χ0v) is 18.8. The van der Waals surface area contributed by atoms with E-state index in [2.05, 4.69) is 13.8 Å². The second kappa shape index (κ2) is 8.58. The number of anilines is 2. The predicted octanol–water partition coefficient (Wildman–Crippen LogP) is 5.69. The van der Waals surface area contributed by atoms with Crippen LogP contribution in [0.3, 0.4) is 0 Å². The highest BCUT2D eigenvalue weighted by atomic mass is 19.1. The van der Waals surface area contributed by atoms with Gasteiger partial charge in [-0.25, -0.2) is 4.39 Å². The van der Waals surface area contributed by atoms with Crippen molar-refractivity contribution in [3.8, 4) is 0 Å². The molecule has 2 amide bonds. The lowest BCUT2D eigenvalue weighted by Gasteiger charge is -2.41. The molecule has 0 bridgehead atoms. The molecule has 0 saturated carbocycles. The van der Waals surface area contributed by atoms with Crippen molar-refractivity contribution < 1.29 is 14.0 Å². The van der Waals surface area contributed by atoms with E-state index in [-0.39, 0.29) is 24.0 Å². The Morgan fingerprint density at radius 1 is 0.906 bits per heavy atom. The molecule has 0 aromatic heterocycles. The molecule has 4 nitrogen and oxygen atoms in total. The van der Waals surface area contributed by atoms with Gasteiger partial charge < -0.3 is 0 Å². The van der Waals surface area contributed by atoms with Crippen LogP contribution in [0.5, 0.6) is 0 Å². The molecule has 1 aliphatic heterocycles. The Kier molecular flexibility index (Phi) is 5.83. The molecule has 3 aromatic rings. The monoisotopic (exact) mass is 430 g/mol. The lowest BCUT2D eigenvalue weighted by Crippen LogP contribution is -2.56. The summed E-state index contributed by atoms with van der Waals surface area (Å²) in [6, 6.07) is 18.8. The molecule has 1 heterocycles. The third-order valence-electron chi connectivity index (χ3n) is 5.99. The summed E-state index contributed by atoms with van der Waals surface area (Å²) >= 11 is 0. The van der Waals surface area contributed by atoms with Crippen LogP contribution in [0.15, 0.2) is 66.7 Å². The smallest absolute Gasteiger partial charge is 0.255 e. The lowest BCUT2D eigenvalue weighted by atomic mass is 9.95. The number of amides is 2. The van der Waals surface area contributed by atoms with Crippen LogP contribution in [-0.2, 0) is 9.59 Å². The van der Waals surface area contributed by atoms with Crippen LogP contribution in [0, 0.1) is 19.7 Å². The first-order valence-corrected chi connectivity index (χ1v) is 10.8. The zero-order chi connectivity index (χ0) is 23.0. The molecule has 32 heavy (non-hydrogen) atoms. The molecule has 1 fully saturated rings. The fourth-order valence-corrected chi connectivity index (χ4v) is 4.27. The van der Waals surface area contributed by atoms with Gasteiger partial charge >= 0.3 is 0 Å². The summed E-state index contributed by atoms with van der Waals surface area (Å²) in [4.78, 5) is 30.0. The molecule has 0 N–H and O–H groups in total. The Morgan fingerprint density at radius 2 is 1.59 bits per heavy atom. The highest BCUT2D eigenvalue weighted by Gasteiger charge is 2.42. The number of para-hydroxylation sites is 1. The summed E-state index contributed by atoms with van der Waals surface area (Å²) in [6.07, 6.45) is 0. The third kappa shape index (κ3) is 3.91. The first-order valence-electron chi connectivity index (χ1n) is 10.8. The van der Waals surface area contributed by atoms with Crippen LogP contribution in [0.1, 0.15) is 48.1 Å². The van der Waals surface area contributed by atoms with Crippen molar-refractivity contribution in [1.29, 1.82) is 0 Å². The first kappa shape index (κ1) is 21.8. The minimum absolute atomic E-state index is 0.120. The maximum Gasteiger partial charge on any atom is 0.255 e. The predicted molar refractivity (Wildman–Crippen MR) is 125 cm³/mol. The van der Waals surface area contributed by atoms with Gasteiger partial charge in [-0.1, -0.05) is 67.9 Å². The molecule has 0 aliphatic carbocycles. The number of carbonyl (C=O) groups excluding carboxylic acids is 2. The molecule has 0 spiro atoms. The van der Waals surface area contributed by atoms with E-state index in [1.165, 1.54) is 17.0 Å². The molecule has 3 aromatic carbocycles. The Labute approximate surface area is 188 Å². The Bertz CT molecular complexity index is 1170. The molecule has 4 rings (SSSR count). The van der Waals surface area contributed by atoms with E-state index in [0.717, 1.165) is 16.7 Å². The fourth-order valence-electron chi connectivity index (χ4n) is 4.27. The van der Waals surface area contributed by atoms with Crippen LogP contribution >= 0.6 is 0 Å². The average molecular weight is 431 g/mol. The molecule has 1 saturated heterocycles. The number of carbonyl (C=O) groups is 2. The van der Waals surface area contributed by atoms with E-state index in [1.807, 2.05) is 56.3 Å². The number of nitrogens with zero attached hydrogens (tertiary/aromatic N) is 2. The van der Waals surface area contributed by atoms with Crippen LogP contribution in [0.25, 0.3) is 0 Å². The molecule has 1 atom stereocenters. The maximum absolute atomic E-state index is 14.6. The van der Waals surface area contributed by atoms with Crippen molar-refractivity contribution in [1.82, 2.24) is 0 Å². The topological polar surface area (TPSA) is 40.6 Å². The summed E-state index contributed by atoms with van der Waals surface area (Å²) in [5.74, 6) is -0.759. The van der Waals surface area contributed by atoms with Gasteiger partial charge in [0.15, 0.2) is 0 Å². The van der Waals surface area contributed by atoms with Gasteiger partial charge in [0.2, 0.25) is 5.91 Å². The zero-order valence-electron chi connectivity index (χ0n) is 18.8. The van der Waals surface area contributed by atoms with Gasteiger partial charge in [-0.3, -0.25) is 19.4 Å². The summed E-state index contributed by atoms with van der Waals surface area (Å²) in [7, 11) is 0. The normalized spacial score (nSPS) is 16.8. The summed E-state index contributed by atoms with van der Waals surface area (Å²) in [6.45, 7) is 7.91. The lowest BCUT2D eigenvalue weighted by molar-refractivity contribution is -0.128. The molecule has 1 unspecified atom stereocenters. The average Bonchev–Trinajstić information content (AvgIpc) is 2.76. The molecular weight excluding hydrogens is 403 g/mol. The van der Waals surface area contributed by atoms with Gasteiger partial charge in [0.25, 0.3) is 5.91 Å². The van der Waals surface area contributed by atoms with Crippen molar-refractivity contribution in [2.75, 3.05) is 16.3 Å². The van der Waals surface area contributed by atoms with Gasteiger partial charge in [0.05, 0.1) is 5.69 Å². The second-order valence-corrected chi connectivity index (χ2v) is 8.65.